The lowest BCUT2D eigenvalue weighted by atomic mass is 10.1. The summed E-state index contributed by atoms with van der Waals surface area (Å²) >= 11 is 0. The zero-order valence-electron chi connectivity index (χ0n) is 11.8. The molecule has 0 atom stereocenters. The van der Waals surface area contributed by atoms with Gasteiger partial charge in [-0.1, -0.05) is 12.1 Å². The number of nitrogens with zero attached hydrogens (tertiary/aromatic N) is 2. The van der Waals surface area contributed by atoms with Crippen LogP contribution in [0.5, 0.6) is 0 Å². The van der Waals surface area contributed by atoms with Crippen molar-refractivity contribution in [3.8, 4) is 0 Å². The highest BCUT2D eigenvalue weighted by Gasteiger charge is 2.14. The standard InChI is InChI=1S/C14H20N4O/c1-14(2,3)17-12(19)9-15-13-16-10-7-5-6-8-11(10)18(13)4/h5-8H,9H2,1-4H3,(H,15,16)(H,17,19). The van der Waals surface area contributed by atoms with Gasteiger partial charge in [-0.3, -0.25) is 4.79 Å². The maximum Gasteiger partial charge on any atom is 0.239 e. The number of carbonyl (C=O) groups excluding carboxylic acids is 1. The minimum atomic E-state index is -0.217. The molecule has 0 saturated heterocycles. The van der Waals surface area contributed by atoms with Gasteiger partial charge < -0.3 is 15.2 Å². The van der Waals surface area contributed by atoms with Gasteiger partial charge in [0.25, 0.3) is 0 Å². The molecule has 0 radical (unpaired) electrons. The van der Waals surface area contributed by atoms with Crippen molar-refractivity contribution in [2.75, 3.05) is 11.9 Å². The van der Waals surface area contributed by atoms with Gasteiger partial charge in [0.05, 0.1) is 17.6 Å². The smallest absolute Gasteiger partial charge is 0.239 e. The van der Waals surface area contributed by atoms with E-state index >= 15 is 0 Å². The lowest BCUT2D eigenvalue weighted by Crippen LogP contribution is -2.43. The van der Waals surface area contributed by atoms with Crippen molar-refractivity contribution in [2.24, 2.45) is 7.05 Å². The molecule has 0 aliphatic carbocycles. The molecule has 0 aliphatic rings. The molecule has 0 saturated carbocycles. The Balaban J connectivity index is 2.06. The molecule has 2 rings (SSSR count). The third-order valence-corrected chi connectivity index (χ3v) is 2.71. The van der Waals surface area contributed by atoms with Crippen LogP contribution in [-0.2, 0) is 11.8 Å². The number of aryl methyl sites for hydroxylation is 1. The molecule has 5 heteroatoms. The highest BCUT2D eigenvalue weighted by Crippen LogP contribution is 2.17. The SMILES string of the molecule is Cn1c(NCC(=O)NC(C)(C)C)nc2ccccc21. The molecule has 5 nitrogen and oxygen atoms in total. The van der Waals surface area contributed by atoms with Crippen molar-refractivity contribution in [1.29, 1.82) is 0 Å². The van der Waals surface area contributed by atoms with E-state index in [1.54, 1.807) is 0 Å². The van der Waals surface area contributed by atoms with Crippen LogP contribution in [0.25, 0.3) is 11.0 Å². The minimum absolute atomic E-state index is 0.0421. The monoisotopic (exact) mass is 260 g/mol. The Kier molecular flexibility index (Phi) is 3.46. The third kappa shape index (κ3) is 3.24. The average molecular weight is 260 g/mol. The summed E-state index contributed by atoms with van der Waals surface area (Å²) < 4.78 is 1.94. The summed E-state index contributed by atoms with van der Waals surface area (Å²) in [7, 11) is 1.93. The molecule has 0 bridgehead atoms. The fourth-order valence-electron chi connectivity index (χ4n) is 1.93. The average Bonchev–Trinajstić information content (AvgIpc) is 2.62. The number of anilines is 1. The second-order valence-corrected chi connectivity index (χ2v) is 5.63. The molecule has 0 aliphatic heterocycles. The van der Waals surface area contributed by atoms with Gasteiger partial charge in [0.15, 0.2) is 0 Å². The summed E-state index contributed by atoms with van der Waals surface area (Å²) in [4.78, 5) is 16.2. The second-order valence-electron chi connectivity index (χ2n) is 5.63. The van der Waals surface area contributed by atoms with Crippen LogP contribution < -0.4 is 10.6 Å². The largest absolute Gasteiger partial charge is 0.350 e. The van der Waals surface area contributed by atoms with E-state index in [4.69, 9.17) is 0 Å². The van der Waals surface area contributed by atoms with E-state index in [1.165, 1.54) is 0 Å². The van der Waals surface area contributed by atoms with Crippen LogP contribution in [0.3, 0.4) is 0 Å². The molecule has 2 N–H and O–H groups in total. The Labute approximate surface area is 113 Å². The molecule has 1 heterocycles. The zero-order chi connectivity index (χ0) is 14.0. The van der Waals surface area contributed by atoms with Gasteiger partial charge in [0.2, 0.25) is 11.9 Å². The molecule has 1 aromatic carbocycles. The Hall–Kier alpha value is -2.04. The fourth-order valence-corrected chi connectivity index (χ4v) is 1.93. The van der Waals surface area contributed by atoms with E-state index < -0.39 is 0 Å². The maximum atomic E-state index is 11.7. The van der Waals surface area contributed by atoms with Gasteiger partial charge in [-0.25, -0.2) is 4.98 Å². The van der Waals surface area contributed by atoms with Crippen molar-refractivity contribution in [3.05, 3.63) is 24.3 Å². The van der Waals surface area contributed by atoms with Crippen LogP contribution in [0.1, 0.15) is 20.8 Å². The number of rotatable bonds is 3. The highest BCUT2D eigenvalue weighted by atomic mass is 16.2. The van der Waals surface area contributed by atoms with Gasteiger partial charge in [0, 0.05) is 12.6 Å². The Morgan fingerprint density at radius 3 is 2.63 bits per heavy atom. The number of fused-ring (bicyclic) bond motifs is 1. The third-order valence-electron chi connectivity index (χ3n) is 2.71. The summed E-state index contributed by atoms with van der Waals surface area (Å²) in [6, 6.07) is 7.88. The summed E-state index contributed by atoms with van der Waals surface area (Å²) in [5, 5.41) is 5.97. The molecule has 0 fully saturated rings. The Bertz CT molecular complexity index is 595. The van der Waals surface area contributed by atoms with Crippen LogP contribution in [-0.4, -0.2) is 27.5 Å². The summed E-state index contributed by atoms with van der Waals surface area (Å²) in [5.41, 5.74) is 1.75. The van der Waals surface area contributed by atoms with Crippen LogP contribution in [0.4, 0.5) is 5.95 Å². The van der Waals surface area contributed by atoms with E-state index in [2.05, 4.69) is 15.6 Å². The molecule has 19 heavy (non-hydrogen) atoms. The molecular formula is C14H20N4O. The van der Waals surface area contributed by atoms with Crippen LogP contribution >= 0.6 is 0 Å². The number of imidazole rings is 1. The number of hydrogen-bond donors (Lipinski definition) is 2. The van der Waals surface area contributed by atoms with Gasteiger partial charge >= 0.3 is 0 Å². The van der Waals surface area contributed by atoms with Crippen molar-refractivity contribution in [2.45, 2.75) is 26.3 Å². The Morgan fingerprint density at radius 2 is 2.00 bits per heavy atom. The van der Waals surface area contributed by atoms with Gasteiger partial charge in [-0.15, -0.1) is 0 Å². The molecule has 1 amide bonds. The minimum Gasteiger partial charge on any atom is -0.350 e. The first-order chi connectivity index (χ1) is 8.87. The number of nitrogens with one attached hydrogen (secondary N) is 2. The molecular weight excluding hydrogens is 240 g/mol. The summed E-state index contributed by atoms with van der Waals surface area (Å²) in [6.45, 7) is 6.09. The predicted molar refractivity (Wildman–Crippen MR) is 77.1 cm³/mol. The molecule has 0 unspecified atom stereocenters. The van der Waals surface area contributed by atoms with E-state index in [0.29, 0.717) is 5.95 Å². The van der Waals surface area contributed by atoms with Crippen LogP contribution in [0.15, 0.2) is 24.3 Å². The first-order valence-electron chi connectivity index (χ1n) is 6.33. The molecule has 0 spiro atoms. The quantitative estimate of drug-likeness (QED) is 0.886. The number of benzene rings is 1. The van der Waals surface area contributed by atoms with Crippen molar-refractivity contribution < 1.29 is 4.79 Å². The number of amides is 1. The normalized spacial score (nSPS) is 11.6. The number of carbonyl (C=O) groups is 1. The highest BCUT2D eigenvalue weighted by molar-refractivity contribution is 5.82. The van der Waals surface area contributed by atoms with E-state index in [9.17, 15) is 4.79 Å². The lowest BCUT2D eigenvalue weighted by molar-refractivity contribution is -0.120. The number of aromatic nitrogens is 2. The second kappa shape index (κ2) is 4.91. The van der Waals surface area contributed by atoms with Crippen molar-refractivity contribution >= 4 is 22.9 Å². The molecule has 102 valence electrons. The summed E-state index contributed by atoms with van der Waals surface area (Å²) in [5.74, 6) is 0.657. The number of hydrogen-bond acceptors (Lipinski definition) is 3. The van der Waals surface area contributed by atoms with Gasteiger partial charge in [-0.05, 0) is 32.9 Å². The fraction of sp³-hybridized carbons (Fsp3) is 0.429. The molecule has 1 aromatic heterocycles. The number of para-hydroxylation sites is 2. The van der Waals surface area contributed by atoms with Crippen molar-refractivity contribution in [1.82, 2.24) is 14.9 Å². The maximum absolute atomic E-state index is 11.7. The van der Waals surface area contributed by atoms with Crippen LogP contribution in [0.2, 0.25) is 0 Å². The van der Waals surface area contributed by atoms with E-state index in [0.717, 1.165) is 11.0 Å². The van der Waals surface area contributed by atoms with Gasteiger partial charge in [0.1, 0.15) is 0 Å². The zero-order valence-corrected chi connectivity index (χ0v) is 11.8. The first kappa shape index (κ1) is 13.4. The molecule has 2 aromatic rings. The van der Waals surface area contributed by atoms with E-state index in [1.807, 2.05) is 56.7 Å². The van der Waals surface area contributed by atoms with E-state index in [-0.39, 0.29) is 18.0 Å². The first-order valence-corrected chi connectivity index (χ1v) is 6.33. The van der Waals surface area contributed by atoms with Gasteiger partial charge in [-0.2, -0.15) is 0 Å². The topological polar surface area (TPSA) is 59.0 Å². The predicted octanol–water partition coefficient (Wildman–Crippen LogP) is 1.90. The lowest BCUT2D eigenvalue weighted by Gasteiger charge is -2.20. The summed E-state index contributed by atoms with van der Waals surface area (Å²) in [6.07, 6.45) is 0. The van der Waals surface area contributed by atoms with Crippen LogP contribution in [0, 0.1) is 0 Å². The Morgan fingerprint density at radius 1 is 1.32 bits per heavy atom. The van der Waals surface area contributed by atoms with Crippen molar-refractivity contribution in [3.63, 3.8) is 0 Å².